The molecule has 0 aromatic carbocycles. The molecule has 0 aromatic heterocycles. The second-order valence-corrected chi connectivity index (χ2v) is 20.2. The number of ether oxygens (including phenoxy) is 3. The van der Waals surface area contributed by atoms with E-state index in [4.69, 9.17) is 14.2 Å². The van der Waals surface area contributed by atoms with Crippen molar-refractivity contribution in [3.05, 3.63) is 134 Å². The number of rotatable bonds is 55. The molecule has 0 aliphatic rings. The van der Waals surface area contributed by atoms with Crippen LogP contribution < -0.4 is 0 Å². The molecule has 0 bridgehead atoms. The van der Waals surface area contributed by atoms with E-state index < -0.39 is 6.10 Å². The minimum absolute atomic E-state index is 0.103. The van der Waals surface area contributed by atoms with Crippen molar-refractivity contribution in [3.63, 3.8) is 0 Å². The number of carbonyl (C=O) groups excluding carboxylic acids is 3. The summed E-state index contributed by atoms with van der Waals surface area (Å²) in [7, 11) is 0. The van der Waals surface area contributed by atoms with Crippen LogP contribution in [-0.2, 0) is 28.6 Å². The summed E-state index contributed by atoms with van der Waals surface area (Å²) in [5.41, 5.74) is 0. The maximum Gasteiger partial charge on any atom is 0.306 e. The van der Waals surface area contributed by atoms with Crippen LogP contribution in [0.25, 0.3) is 0 Å². The fourth-order valence-electron chi connectivity index (χ4n) is 8.24. The predicted octanol–water partition coefficient (Wildman–Crippen LogP) is 21.4. The Balaban J connectivity index is 4.45. The summed E-state index contributed by atoms with van der Waals surface area (Å²) in [4.78, 5) is 38.2. The number of carbonyl (C=O) groups is 3. The molecule has 1 unspecified atom stereocenters. The van der Waals surface area contributed by atoms with E-state index in [0.717, 1.165) is 128 Å². The molecule has 0 aliphatic heterocycles. The van der Waals surface area contributed by atoms with E-state index in [9.17, 15) is 14.4 Å². The van der Waals surface area contributed by atoms with Gasteiger partial charge in [-0.1, -0.05) is 270 Å². The van der Waals surface area contributed by atoms with Crippen LogP contribution in [0, 0.1) is 0 Å². The van der Waals surface area contributed by atoms with Gasteiger partial charge in [0.1, 0.15) is 13.2 Å². The van der Waals surface area contributed by atoms with Gasteiger partial charge in [0.05, 0.1) is 0 Å². The molecule has 0 spiro atoms. The van der Waals surface area contributed by atoms with Crippen LogP contribution in [0.1, 0.15) is 271 Å². The van der Waals surface area contributed by atoms with Gasteiger partial charge in [0.25, 0.3) is 0 Å². The summed E-state index contributed by atoms with van der Waals surface area (Å²) in [6.45, 7) is 6.44. The molecule has 1 atom stereocenters. The summed E-state index contributed by atoms with van der Waals surface area (Å²) in [6, 6.07) is 0. The van der Waals surface area contributed by atoms with Crippen LogP contribution in [0.15, 0.2) is 134 Å². The summed E-state index contributed by atoms with van der Waals surface area (Å²) < 4.78 is 16.8. The van der Waals surface area contributed by atoms with Crippen LogP contribution in [0.2, 0.25) is 0 Å². The van der Waals surface area contributed by atoms with Gasteiger partial charge in [-0.05, 0) is 116 Å². The Bertz CT molecular complexity index is 1630. The largest absolute Gasteiger partial charge is 0.462 e. The lowest BCUT2D eigenvalue weighted by molar-refractivity contribution is -0.167. The maximum absolute atomic E-state index is 12.9. The van der Waals surface area contributed by atoms with Crippen molar-refractivity contribution in [1.29, 1.82) is 0 Å². The summed E-state index contributed by atoms with van der Waals surface area (Å²) >= 11 is 0. The third-order valence-corrected chi connectivity index (χ3v) is 12.9. The summed E-state index contributed by atoms with van der Waals surface area (Å²) in [5.74, 6) is -0.978. The molecule has 0 saturated carbocycles. The van der Waals surface area contributed by atoms with Crippen LogP contribution in [0.3, 0.4) is 0 Å². The lowest BCUT2D eigenvalue weighted by atomic mass is 10.0. The topological polar surface area (TPSA) is 78.9 Å². The fourth-order valence-corrected chi connectivity index (χ4v) is 8.24. The Kier molecular flexibility index (Phi) is 59.4. The Morgan fingerprint density at radius 3 is 0.882 bits per heavy atom. The highest BCUT2D eigenvalue weighted by Crippen LogP contribution is 2.15. The van der Waals surface area contributed by atoms with E-state index >= 15 is 0 Å². The minimum Gasteiger partial charge on any atom is -0.462 e. The molecule has 0 aromatic rings. The van der Waals surface area contributed by atoms with Gasteiger partial charge in [0.2, 0.25) is 0 Å². The van der Waals surface area contributed by atoms with E-state index in [1.807, 2.05) is 0 Å². The molecule has 0 heterocycles. The lowest BCUT2D eigenvalue weighted by Crippen LogP contribution is -2.30. The van der Waals surface area contributed by atoms with E-state index in [1.165, 1.54) is 96.3 Å². The molecule has 430 valence electrons. The predicted molar refractivity (Wildman–Crippen MR) is 329 cm³/mol. The lowest BCUT2D eigenvalue weighted by Gasteiger charge is -2.18. The molecule has 0 aliphatic carbocycles. The van der Waals surface area contributed by atoms with Crippen molar-refractivity contribution in [2.24, 2.45) is 0 Å². The molecule has 0 amide bonds. The SMILES string of the molecule is CC/C=C\C/C=C\C/C=C\C/C=C\C/C=C\C/C=C\C/C=C\C/C=C\C/C=C\CCCC(=O)OCC(COC(=O)CCCCCCCCCCCCCCCC)OC(=O)CCCCCCC/C=C\C/C=C\CCCCC. The van der Waals surface area contributed by atoms with Gasteiger partial charge < -0.3 is 14.2 Å². The average molecular weight is 1050 g/mol. The maximum atomic E-state index is 12.9. The van der Waals surface area contributed by atoms with Gasteiger partial charge >= 0.3 is 17.9 Å². The molecule has 0 radical (unpaired) electrons. The number of hydrogen-bond donors (Lipinski definition) is 0. The van der Waals surface area contributed by atoms with Crippen molar-refractivity contribution in [3.8, 4) is 0 Å². The van der Waals surface area contributed by atoms with Gasteiger partial charge in [-0.3, -0.25) is 14.4 Å². The molecule has 0 N–H and O–H groups in total. The highest BCUT2D eigenvalue weighted by atomic mass is 16.6. The van der Waals surface area contributed by atoms with Gasteiger partial charge in [-0.2, -0.15) is 0 Å². The summed E-state index contributed by atoms with van der Waals surface area (Å²) in [5, 5.41) is 0. The fraction of sp³-hybridized carbons (Fsp3) is 0.643. The molecule has 0 saturated heterocycles. The standard InChI is InChI=1S/C70H114O6/c1-4-7-10-13-16-19-22-25-28-29-30-31-32-33-34-35-36-37-38-39-40-41-43-45-48-51-54-57-60-63-69(72)75-66-67(65-74-68(71)62-59-56-53-50-47-44-27-24-21-18-15-12-9-6-3)76-70(73)64-61-58-55-52-49-46-42-26-23-20-17-14-11-8-5-2/h7,10,16-17,19-20,25-26,28,30-31,33-34,36-37,39-40,42-43,45,51,54,67H,4-6,8-9,11-15,18,21-24,27,29,32,35,38,41,44,46-50,52-53,55-66H2,1-3H3/b10-7-,19-16-,20-17-,28-25-,31-30-,34-33-,37-36-,40-39-,42-26-,45-43-,54-51-. The zero-order chi connectivity index (χ0) is 55.0. The molecular weight excluding hydrogens is 937 g/mol. The summed E-state index contributed by atoms with van der Waals surface area (Å²) in [6.07, 6.45) is 88.8. The van der Waals surface area contributed by atoms with Crippen molar-refractivity contribution in [2.75, 3.05) is 13.2 Å². The average Bonchev–Trinajstić information content (AvgIpc) is 3.42. The molecule has 6 nitrogen and oxygen atoms in total. The van der Waals surface area contributed by atoms with Crippen LogP contribution in [-0.4, -0.2) is 37.2 Å². The van der Waals surface area contributed by atoms with Gasteiger partial charge in [0, 0.05) is 19.3 Å². The van der Waals surface area contributed by atoms with E-state index in [2.05, 4.69) is 154 Å². The zero-order valence-corrected chi connectivity index (χ0v) is 49.2. The normalized spacial score (nSPS) is 13.0. The first-order chi connectivity index (χ1) is 37.5. The first-order valence-electron chi connectivity index (χ1n) is 31.2. The molecular formula is C70H114O6. The van der Waals surface area contributed by atoms with Gasteiger partial charge in [-0.15, -0.1) is 0 Å². The highest BCUT2D eigenvalue weighted by molar-refractivity contribution is 5.71. The van der Waals surface area contributed by atoms with E-state index in [-0.39, 0.29) is 37.5 Å². The van der Waals surface area contributed by atoms with Crippen molar-refractivity contribution >= 4 is 17.9 Å². The van der Waals surface area contributed by atoms with Gasteiger partial charge in [0.15, 0.2) is 6.10 Å². The Hall–Kier alpha value is -4.45. The van der Waals surface area contributed by atoms with Crippen molar-refractivity contribution < 1.29 is 28.6 Å². The third kappa shape index (κ3) is 60.4. The first-order valence-corrected chi connectivity index (χ1v) is 31.2. The Labute approximate surface area is 468 Å². The van der Waals surface area contributed by atoms with E-state index in [1.54, 1.807) is 0 Å². The van der Waals surface area contributed by atoms with Crippen LogP contribution in [0.4, 0.5) is 0 Å². The molecule has 0 fully saturated rings. The van der Waals surface area contributed by atoms with Crippen molar-refractivity contribution in [2.45, 2.75) is 277 Å². The zero-order valence-electron chi connectivity index (χ0n) is 49.2. The number of unbranched alkanes of at least 4 members (excludes halogenated alkanes) is 22. The minimum atomic E-state index is -0.812. The number of esters is 3. The van der Waals surface area contributed by atoms with Crippen LogP contribution >= 0.6 is 0 Å². The Morgan fingerprint density at radius 2 is 0.526 bits per heavy atom. The second kappa shape index (κ2) is 63.1. The van der Waals surface area contributed by atoms with Crippen LogP contribution in [0.5, 0.6) is 0 Å². The number of allylic oxidation sites excluding steroid dienone is 22. The smallest absolute Gasteiger partial charge is 0.306 e. The van der Waals surface area contributed by atoms with E-state index in [0.29, 0.717) is 19.3 Å². The molecule has 6 heteroatoms. The Morgan fingerprint density at radius 1 is 0.276 bits per heavy atom. The number of hydrogen-bond acceptors (Lipinski definition) is 6. The second-order valence-electron chi connectivity index (χ2n) is 20.2. The molecule has 76 heavy (non-hydrogen) atoms. The third-order valence-electron chi connectivity index (χ3n) is 12.9. The monoisotopic (exact) mass is 1050 g/mol. The molecule has 0 rings (SSSR count). The van der Waals surface area contributed by atoms with Crippen molar-refractivity contribution in [1.82, 2.24) is 0 Å². The van der Waals surface area contributed by atoms with Gasteiger partial charge in [-0.25, -0.2) is 0 Å². The quantitative estimate of drug-likeness (QED) is 0.0261. The highest BCUT2D eigenvalue weighted by Gasteiger charge is 2.19. The first kappa shape index (κ1) is 71.5.